The van der Waals surface area contributed by atoms with Gasteiger partial charge in [0.1, 0.15) is 5.82 Å². The highest BCUT2D eigenvalue weighted by Crippen LogP contribution is 2.30. The number of nitrogens with two attached hydrogens (primary N) is 1. The van der Waals surface area contributed by atoms with Gasteiger partial charge < -0.3 is 5.73 Å². The summed E-state index contributed by atoms with van der Waals surface area (Å²) < 4.78 is 13.0. The van der Waals surface area contributed by atoms with Crippen LogP contribution in [0, 0.1) is 5.82 Å². The summed E-state index contributed by atoms with van der Waals surface area (Å²) in [6.45, 7) is 1.76. The van der Waals surface area contributed by atoms with Gasteiger partial charge in [0.15, 0.2) is 0 Å². The van der Waals surface area contributed by atoms with Crippen molar-refractivity contribution in [1.29, 1.82) is 0 Å². The topological polar surface area (TPSA) is 29.3 Å². The van der Waals surface area contributed by atoms with Crippen LogP contribution < -0.4 is 5.73 Å². The molecule has 0 atom stereocenters. The monoisotopic (exact) mass is 306 g/mol. The van der Waals surface area contributed by atoms with Crippen molar-refractivity contribution >= 4 is 18.1 Å². The van der Waals surface area contributed by atoms with Crippen LogP contribution in [0.2, 0.25) is 0 Å². The minimum Gasteiger partial charge on any atom is -0.399 e. The first-order chi connectivity index (χ1) is 9.70. The molecule has 0 aliphatic heterocycles. The lowest BCUT2D eigenvalue weighted by Crippen LogP contribution is -2.25. The number of nitrogens with zero attached hydrogens (tertiary/aromatic N) is 1. The molecule has 2 N–H and O–H groups in total. The fraction of sp³-hybridized carbons (Fsp3) is 0.294. The van der Waals surface area contributed by atoms with E-state index in [1.54, 1.807) is 0 Å². The van der Waals surface area contributed by atoms with Crippen molar-refractivity contribution in [2.24, 2.45) is 0 Å². The number of nitrogen functional groups attached to an aromatic ring is 1. The van der Waals surface area contributed by atoms with E-state index < -0.39 is 0 Å². The average Bonchev–Trinajstić information content (AvgIpc) is 3.25. The van der Waals surface area contributed by atoms with Crippen molar-refractivity contribution < 1.29 is 4.39 Å². The minimum absolute atomic E-state index is 0. The molecule has 1 fully saturated rings. The molecule has 0 radical (unpaired) electrons. The van der Waals surface area contributed by atoms with Crippen molar-refractivity contribution in [3.05, 3.63) is 65.5 Å². The Morgan fingerprint density at radius 2 is 1.67 bits per heavy atom. The smallest absolute Gasteiger partial charge is 0.123 e. The molecular formula is C17H20ClFN2. The van der Waals surface area contributed by atoms with E-state index >= 15 is 0 Å². The Morgan fingerprint density at radius 1 is 1.00 bits per heavy atom. The van der Waals surface area contributed by atoms with Gasteiger partial charge in [0.05, 0.1) is 0 Å². The van der Waals surface area contributed by atoms with Crippen LogP contribution in [-0.2, 0) is 13.1 Å². The molecule has 2 nitrogen and oxygen atoms in total. The third-order valence-corrected chi connectivity index (χ3v) is 3.70. The molecule has 1 aliphatic rings. The van der Waals surface area contributed by atoms with E-state index in [1.165, 1.54) is 30.5 Å². The summed E-state index contributed by atoms with van der Waals surface area (Å²) in [5.41, 5.74) is 9.03. The first-order valence-electron chi connectivity index (χ1n) is 7.03. The van der Waals surface area contributed by atoms with E-state index in [0.29, 0.717) is 6.04 Å². The van der Waals surface area contributed by atoms with Gasteiger partial charge in [-0.05, 0) is 48.2 Å². The summed E-state index contributed by atoms with van der Waals surface area (Å²) in [7, 11) is 0. The fourth-order valence-corrected chi connectivity index (χ4v) is 2.50. The summed E-state index contributed by atoms with van der Waals surface area (Å²) in [6, 6.07) is 15.5. The molecular weight excluding hydrogens is 287 g/mol. The van der Waals surface area contributed by atoms with Gasteiger partial charge in [-0.1, -0.05) is 24.3 Å². The number of hydrogen-bond donors (Lipinski definition) is 1. The highest BCUT2D eigenvalue weighted by Gasteiger charge is 2.28. The zero-order valence-electron chi connectivity index (χ0n) is 11.8. The minimum atomic E-state index is -0.178. The molecule has 0 heterocycles. The van der Waals surface area contributed by atoms with Gasteiger partial charge in [0.2, 0.25) is 0 Å². The van der Waals surface area contributed by atoms with E-state index in [-0.39, 0.29) is 18.2 Å². The molecule has 3 rings (SSSR count). The van der Waals surface area contributed by atoms with Crippen LogP contribution >= 0.6 is 12.4 Å². The van der Waals surface area contributed by atoms with Crippen molar-refractivity contribution in [3.63, 3.8) is 0 Å². The van der Waals surface area contributed by atoms with Crippen LogP contribution in [0.4, 0.5) is 10.1 Å². The Labute approximate surface area is 131 Å². The maximum atomic E-state index is 13.0. The van der Waals surface area contributed by atoms with Gasteiger partial charge in [-0.2, -0.15) is 0 Å². The molecule has 0 aromatic heterocycles. The predicted molar refractivity (Wildman–Crippen MR) is 86.8 cm³/mol. The lowest BCUT2D eigenvalue weighted by molar-refractivity contribution is 0.246. The van der Waals surface area contributed by atoms with Crippen molar-refractivity contribution in [1.82, 2.24) is 4.90 Å². The molecule has 0 unspecified atom stereocenters. The summed E-state index contributed by atoms with van der Waals surface area (Å²) >= 11 is 0. The lowest BCUT2D eigenvalue weighted by Gasteiger charge is -2.22. The number of anilines is 1. The summed E-state index contributed by atoms with van der Waals surface area (Å²) in [5.74, 6) is -0.178. The highest BCUT2D eigenvalue weighted by molar-refractivity contribution is 5.85. The SMILES string of the molecule is Cl.Nc1cccc(CN(Cc2ccc(F)cc2)C2CC2)c1. The number of halogens is 2. The zero-order chi connectivity index (χ0) is 13.9. The third kappa shape index (κ3) is 4.45. The van der Waals surface area contributed by atoms with Gasteiger partial charge in [-0.25, -0.2) is 4.39 Å². The summed E-state index contributed by atoms with van der Waals surface area (Å²) in [4.78, 5) is 2.45. The second-order valence-electron chi connectivity index (χ2n) is 5.51. The van der Waals surface area contributed by atoms with Gasteiger partial charge >= 0.3 is 0 Å². The molecule has 0 saturated heterocycles. The van der Waals surface area contributed by atoms with Gasteiger partial charge in [0, 0.05) is 24.8 Å². The van der Waals surface area contributed by atoms with Crippen molar-refractivity contribution in [3.8, 4) is 0 Å². The van der Waals surface area contributed by atoms with Crippen LogP contribution in [0.15, 0.2) is 48.5 Å². The third-order valence-electron chi connectivity index (χ3n) is 3.70. The molecule has 4 heteroatoms. The van der Waals surface area contributed by atoms with Crippen molar-refractivity contribution in [2.45, 2.75) is 32.0 Å². The maximum absolute atomic E-state index is 13.0. The fourth-order valence-electron chi connectivity index (χ4n) is 2.50. The van der Waals surface area contributed by atoms with Gasteiger partial charge in [0.25, 0.3) is 0 Å². The van der Waals surface area contributed by atoms with Crippen LogP contribution in [0.25, 0.3) is 0 Å². The van der Waals surface area contributed by atoms with E-state index in [1.807, 2.05) is 30.3 Å². The molecule has 1 aliphatic carbocycles. The maximum Gasteiger partial charge on any atom is 0.123 e. The Bertz CT molecular complexity index is 582. The second kappa shape index (κ2) is 6.92. The highest BCUT2D eigenvalue weighted by atomic mass is 35.5. The van der Waals surface area contributed by atoms with Crippen LogP contribution in [-0.4, -0.2) is 10.9 Å². The Balaban J connectivity index is 0.00000161. The molecule has 2 aromatic rings. The lowest BCUT2D eigenvalue weighted by atomic mass is 10.1. The molecule has 21 heavy (non-hydrogen) atoms. The van der Waals surface area contributed by atoms with E-state index in [4.69, 9.17) is 5.73 Å². The number of benzene rings is 2. The predicted octanol–water partition coefficient (Wildman–Crippen LogP) is 3.99. The number of rotatable bonds is 5. The van der Waals surface area contributed by atoms with Gasteiger partial charge in [-0.3, -0.25) is 4.90 Å². The molecule has 0 spiro atoms. The zero-order valence-corrected chi connectivity index (χ0v) is 12.7. The van der Waals surface area contributed by atoms with E-state index in [0.717, 1.165) is 24.3 Å². The van der Waals surface area contributed by atoms with Crippen LogP contribution in [0.5, 0.6) is 0 Å². The Kier molecular flexibility index (Phi) is 5.21. The van der Waals surface area contributed by atoms with Crippen LogP contribution in [0.1, 0.15) is 24.0 Å². The normalized spacial score (nSPS) is 14.0. The molecule has 112 valence electrons. The molecule has 1 saturated carbocycles. The van der Waals surface area contributed by atoms with Crippen LogP contribution in [0.3, 0.4) is 0 Å². The van der Waals surface area contributed by atoms with Crippen molar-refractivity contribution in [2.75, 3.05) is 5.73 Å². The Morgan fingerprint density at radius 3 is 2.29 bits per heavy atom. The first-order valence-corrected chi connectivity index (χ1v) is 7.03. The molecule has 0 amide bonds. The molecule has 2 aromatic carbocycles. The number of hydrogen-bond acceptors (Lipinski definition) is 2. The quantitative estimate of drug-likeness (QED) is 0.846. The van der Waals surface area contributed by atoms with E-state index in [2.05, 4.69) is 11.0 Å². The van der Waals surface area contributed by atoms with E-state index in [9.17, 15) is 4.39 Å². The average molecular weight is 307 g/mol. The largest absolute Gasteiger partial charge is 0.399 e. The summed E-state index contributed by atoms with van der Waals surface area (Å²) in [5, 5.41) is 0. The first kappa shape index (κ1) is 15.8. The second-order valence-corrected chi connectivity index (χ2v) is 5.51. The summed E-state index contributed by atoms with van der Waals surface area (Å²) in [6.07, 6.45) is 2.51. The van der Waals surface area contributed by atoms with Gasteiger partial charge in [-0.15, -0.1) is 12.4 Å². The standard InChI is InChI=1S/C17H19FN2.ClH/c18-15-6-4-13(5-7-15)11-20(17-8-9-17)12-14-2-1-3-16(19)10-14;/h1-7,10,17H,8-9,11-12,19H2;1H. The molecule has 0 bridgehead atoms. The Hall–Kier alpha value is -1.58.